The molecule has 1 aliphatic rings. The minimum atomic E-state index is -0.359. The number of nitrogens with zero attached hydrogens (tertiary/aromatic N) is 1. The van der Waals surface area contributed by atoms with E-state index in [4.69, 9.17) is 0 Å². The molecular weight excluding hydrogens is 216 g/mol. The van der Waals surface area contributed by atoms with E-state index in [1.807, 2.05) is 11.8 Å². The zero-order valence-corrected chi connectivity index (χ0v) is 11.1. The quantitative estimate of drug-likeness (QED) is 0.658. The lowest BCUT2D eigenvalue weighted by Gasteiger charge is -2.24. The molecule has 1 rings (SSSR count). The number of aliphatic hydroxyl groups excluding tert-OH is 1. The van der Waals surface area contributed by atoms with Crippen molar-refractivity contribution >= 4 is 5.91 Å². The molecule has 0 bridgehead atoms. The number of nitrogens with one attached hydrogen (secondary N) is 1. The van der Waals surface area contributed by atoms with Crippen LogP contribution in [0, 0.1) is 0 Å². The molecule has 1 amide bonds. The Balaban J connectivity index is 2.30. The largest absolute Gasteiger partial charge is 0.392 e. The van der Waals surface area contributed by atoms with Crippen molar-refractivity contribution in [2.75, 3.05) is 19.6 Å². The van der Waals surface area contributed by atoms with Crippen molar-refractivity contribution in [2.45, 2.75) is 58.1 Å². The summed E-state index contributed by atoms with van der Waals surface area (Å²) in [5, 5.41) is 12.5. The first kappa shape index (κ1) is 14.5. The van der Waals surface area contributed by atoms with Gasteiger partial charge >= 0.3 is 0 Å². The molecule has 0 aromatic rings. The fraction of sp³-hybridized carbons (Fsp3) is 0.923. The first-order chi connectivity index (χ1) is 8.19. The van der Waals surface area contributed by atoms with E-state index in [1.54, 1.807) is 0 Å². The number of rotatable bonds is 7. The lowest BCUT2D eigenvalue weighted by molar-refractivity contribution is -0.133. The summed E-state index contributed by atoms with van der Waals surface area (Å²) >= 11 is 0. The lowest BCUT2D eigenvalue weighted by atomic mass is 10.1. The van der Waals surface area contributed by atoms with Gasteiger partial charge in [0.1, 0.15) is 0 Å². The SMILES string of the molecule is CCCCCCN(CC)C(=O)[C@@H]1CC(O)CN1. The van der Waals surface area contributed by atoms with Crippen LogP contribution in [0.5, 0.6) is 0 Å². The number of β-amino-alcohol motifs (C(OH)–C–C–N with tert-alkyl or cyclic N) is 1. The topological polar surface area (TPSA) is 52.6 Å². The third-order valence-corrected chi connectivity index (χ3v) is 3.38. The average Bonchev–Trinajstić information content (AvgIpc) is 2.75. The Bertz CT molecular complexity index is 233. The summed E-state index contributed by atoms with van der Waals surface area (Å²) < 4.78 is 0. The zero-order valence-electron chi connectivity index (χ0n) is 11.1. The number of likely N-dealkylation sites (N-methyl/N-ethyl adjacent to an activating group) is 1. The number of aliphatic hydroxyl groups is 1. The van der Waals surface area contributed by atoms with E-state index in [0.29, 0.717) is 13.0 Å². The molecule has 2 atom stereocenters. The molecule has 0 aromatic heterocycles. The highest BCUT2D eigenvalue weighted by atomic mass is 16.3. The molecule has 1 unspecified atom stereocenters. The van der Waals surface area contributed by atoms with E-state index in [1.165, 1.54) is 19.3 Å². The first-order valence-corrected chi connectivity index (χ1v) is 6.89. The van der Waals surface area contributed by atoms with Gasteiger partial charge in [-0.25, -0.2) is 0 Å². The van der Waals surface area contributed by atoms with Crippen LogP contribution in [0.15, 0.2) is 0 Å². The second kappa shape index (κ2) is 7.67. The van der Waals surface area contributed by atoms with E-state index in [9.17, 15) is 9.90 Å². The highest BCUT2D eigenvalue weighted by Gasteiger charge is 2.30. The van der Waals surface area contributed by atoms with Gasteiger partial charge in [-0.2, -0.15) is 0 Å². The maximum absolute atomic E-state index is 12.1. The molecule has 0 saturated carbocycles. The standard InChI is InChI=1S/C13H26N2O2/c1-3-5-6-7-8-15(4-2)13(17)12-9-11(16)10-14-12/h11-12,14,16H,3-10H2,1-2H3/t11?,12-/m0/s1. The molecule has 1 aliphatic heterocycles. The molecule has 17 heavy (non-hydrogen) atoms. The summed E-state index contributed by atoms with van der Waals surface area (Å²) in [5.74, 6) is 0.153. The third-order valence-electron chi connectivity index (χ3n) is 3.38. The minimum absolute atomic E-state index is 0.153. The molecule has 1 saturated heterocycles. The highest BCUT2D eigenvalue weighted by Crippen LogP contribution is 2.10. The molecule has 4 nitrogen and oxygen atoms in total. The Morgan fingerprint density at radius 3 is 2.65 bits per heavy atom. The summed E-state index contributed by atoms with van der Waals surface area (Å²) in [6.45, 7) is 6.36. The van der Waals surface area contributed by atoms with Gasteiger partial charge in [-0.3, -0.25) is 4.79 Å². The summed E-state index contributed by atoms with van der Waals surface area (Å²) in [5.41, 5.74) is 0. The van der Waals surface area contributed by atoms with Crippen molar-refractivity contribution in [3.63, 3.8) is 0 Å². The Kier molecular flexibility index (Phi) is 6.52. The summed E-state index contributed by atoms with van der Waals surface area (Å²) in [4.78, 5) is 14.0. The number of carbonyl (C=O) groups is 1. The van der Waals surface area contributed by atoms with E-state index >= 15 is 0 Å². The van der Waals surface area contributed by atoms with Crippen molar-refractivity contribution in [2.24, 2.45) is 0 Å². The van der Waals surface area contributed by atoms with Crippen molar-refractivity contribution in [3.8, 4) is 0 Å². The van der Waals surface area contributed by atoms with Gasteiger partial charge in [0.05, 0.1) is 12.1 Å². The van der Waals surface area contributed by atoms with E-state index in [2.05, 4.69) is 12.2 Å². The van der Waals surface area contributed by atoms with E-state index < -0.39 is 0 Å². The molecule has 0 radical (unpaired) electrons. The molecule has 0 aliphatic carbocycles. The van der Waals surface area contributed by atoms with Crippen LogP contribution in [0.2, 0.25) is 0 Å². The van der Waals surface area contributed by atoms with Gasteiger partial charge < -0.3 is 15.3 Å². The first-order valence-electron chi connectivity index (χ1n) is 6.89. The molecule has 2 N–H and O–H groups in total. The van der Waals surface area contributed by atoms with Gasteiger partial charge in [-0.15, -0.1) is 0 Å². The number of carbonyl (C=O) groups excluding carboxylic acids is 1. The number of hydrogen-bond donors (Lipinski definition) is 2. The number of hydrogen-bond acceptors (Lipinski definition) is 3. The van der Waals surface area contributed by atoms with Crippen molar-refractivity contribution < 1.29 is 9.90 Å². The molecule has 4 heteroatoms. The predicted octanol–water partition coefficient (Wildman–Crippen LogP) is 1.14. The molecule has 0 spiro atoms. The molecule has 100 valence electrons. The van der Waals surface area contributed by atoms with Gasteiger partial charge in [0.25, 0.3) is 0 Å². The fourth-order valence-electron chi connectivity index (χ4n) is 2.28. The van der Waals surface area contributed by atoms with Crippen LogP contribution in [0.25, 0.3) is 0 Å². The van der Waals surface area contributed by atoms with Gasteiger partial charge in [0.2, 0.25) is 5.91 Å². The van der Waals surface area contributed by atoms with Crippen LogP contribution in [0.1, 0.15) is 46.0 Å². The third kappa shape index (κ3) is 4.64. The lowest BCUT2D eigenvalue weighted by Crippen LogP contribution is -2.43. The van der Waals surface area contributed by atoms with Gasteiger partial charge in [0.15, 0.2) is 0 Å². The maximum Gasteiger partial charge on any atom is 0.239 e. The van der Waals surface area contributed by atoms with Crippen molar-refractivity contribution in [1.29, 1.82) is 0 Å². The van der Waals surface area contributed by atoms with Gasteiger partial charge in [-0.1, -0.05) is 26.2 Å². The van der Waals surface area contributed by atoms with Crippen LogP contribution in [-0.4, -0.2) is 47.7 Å². The average molecular weight is 242 g/mol. The number of amides is 1. The highest BCUT2D eigenvalue weighted by molar-refractivity contribution is 5.82. The minimum Gasteiger partial charge on any atom is -0.392 e. The Labute approximate surface area is 104 Å². The van der Waals surface area contributed by atoms with Gasteiger partial charge in [-0.05, 0) is 19.8 Å². The van der Waals surface area contributed by atoms with Crippen LogP contribution in [0.4, 0.5) is 0 Å². The number of unbranched alkanes of at least 4 members (excludes halogenated alkanes) is 3. The van der Waals surface area contributed by atoms with Crippen LogP contribution in [0.3, 0.4) is 0 Å². The molecule has 0 aromatic carbocycles. The van der Waals surface area contributed by atoms with Crippen LogP contribution in [-0.2, 0) is 4.79 Å². The van der Waals surface area contributed by atoms with Crippen molar-refractivity contribution in [1.82, 2.24) is 10.2 Å². The van der Waals surface area contributed by atoms with Gasteiger partial charge in [0, 0.05) is 19.6 Å². The Hall–Kier alpha value is -0.610. The fourth-order valence-corrected chi connectivity index (χ4v) is 2.28. The monoisotopic (exact) mass is 242 g/mol. The van der Waals surface area contributed by atoms with Crippen LogP contribution >= 0.6 is 0 Å². The zero-order chi connectivity index (χ0) is 12.7. The summed E-state index contributed by atoms with van der Waals surface area (Å²) in [6.07, 6.45) is 4.94. The molecule has 1 heterocycles. The van der Waals surface area contributed by atoms with E-state index in [0.717, 1.165) is 19.5 Å². The Morgan fingerprint density at radius 1 is 1.35 bits per heavy atom. The van der Waals surface area contributed by atoms with E-state index in [-0.39, 0.29) is 18.1 Å². The molecular formula is C13H26N2O2. The predicted molar refractivity (Wildman–Crippen MR) is 68.8 cm³/mol. The maximum atomic E-state index is 12.1. The van der Waals surface area contributed by atoms with Crippen LogP contribution < -0.4 is 5.32 Å². The second-order valence-electron chi connectivity index (χ2n) is 4.83. The summed E-state index contributed by atoms with van der Waals surface area (Å²) in [6, 6.07) is -0.170. The normalized spacial score (nSPS) is 23.9. The summed E-state index contributed by atoms with van der Waals surface area (Å²) in [7, 11) is 0. The smallest absolute Gasteiger partial charge is 0.239 e. The second-order valence-corrected chi connectivity index (χ2v) is 4.83. The molecule has 1 fully saturated rings. The Morgan fingerprint density at radius 2 is 2.12 bits per heavy atom. The van der Waals surface area contributed by atoms with Crippen molar-refractivity contribution in [3.05, 3.63) is 0 Å².